The Balaban J connectivity index is 1.16. The molecule has 0 aliphatic rings. The fraction of sp³-hybridized carbons (Fsp3) is 0. The molecule has 0 saturated heterocycles. The molecule has 0 aliphatic heterocycles. The van der Waals surface area contributed by atoms with Crippen LogP contribution in [-0.4, -0.2) is 15.0 Å². The van der Waals surface area contributed by atoms with Crippen molar-refractivity contribution in [3.8, 4) is 67.5 Å². The molecule has 0 radical (unpaired) electrons. The molecule has 0 unspecified atom stereocenters. The Kier molecular flexibility index (Phi) is 7.10. The number of nitrogens with zero attached hydrogens (tertiary/aromatic N) is 3. The van der Waals surface area contributed by atoms with Crippen LogP contribution in [0.25, 0.3) is 89.5 Å². The van der Waals surface area contributed by atoms with Crippen molar-refractivity contribution in [2.24, 2.45) is 0 Å². The SMILES string of the molecule is c1ccc(-c2ccc(-c3ccccc3-c3cccc(-c4nc(-c5ccccc5)nc(-c5cccc6c5oc5ccccc56)n4)c3)cc2)cc1. The highest BCUT2D eigenvalue weighted by molar-refractivity contribution is 6.09. The zero-order valence-electron chi connectivity index (χ0n) is 26.5. The summed E-state index contributed by atoms with van der Waals surface area (Å²) in [6.45, 7) is 0. The van der Waals surface area contributed by atoms with Gasteiger partial charge in [0.05, 0.1) is 5.56 Å². The molecule has 0 N–H and O–H groups in total. The molecule has 0 aliphatic carbocycles. The number of para-hydroxylation sites is 2. The third-order valence-corrected chi connectivity index (χ3v) is 8.97. The Hall–Kier alpha value is -6.65. The van der Waals surface area contributed by atoms with E-state index in [1.165, 1.54) is 11.1 Å². The van der Waals surface area contributed by atoms with Gasteiger partial charge in [0.1, 0.15) is 11.2 Å². The zero-order valence-corrected chi connectivity index (χ0v) is 26.5. The van der Waals surface area contributed by atoms with E-state index in [4.69, 9.17) is 19.4 Å². The molecule has 9 rings (SSSR count). The Morgan fingerprint density at radius 2 is 0.796 bits per heavy atom. The third-order valence-electron chi connectivity index (χ3n) is 8.97. The molecule has 0 bridgehead atoms. The van der Waals surface area contributed by atoms with Crippen molar-refractivity contribution < 1.29 is 4.42 Å². The maximum atomic E-state index is 6.39. The van der Waals surface area contributed by atoms with E-state index in [-0.39, 0.29) is 0 Å². The van der Waals surface area contributed by atoms with Crippen LogP contribution >= 0.6 is 0 Å². The first-order chi connectivity index (χ1) is 24.3. The van der Waals surface area contributed by atoms with E-state index in [2.05, 4.69) is 109 Å². The summed E-state index contributed by atoms with van der Waals surface area (Å²) in [5, 5.41) is 2.10. The predicted molar refractivity (Wildman–Crippen MR) is 200 cm³/mol. The number of hydrogen-bond donors (Lipinski definition) is 0. The maximum absolute atomic E-state index is 6.39. The van der Waals surface area contributed by atoms with Gasteiger partial charge in [0.25, 0.3) is 0 Å². The number of benzene rings is 7. The molecule has 0 saturated carbocycles. The number of fused-ring (bicyclic) bond motifs is 3. The van der Waals surface area contributed by atoms with E-state index in [1.54, 1.807) is 0 Å². The highest BCUT2D eigenvalue weighted by Crippen LogP contribution is 2.37. The summed E-state index contributed by atoms with van der Waals surface area (Å²) >= 11 is 0. The summed E-state index contributed by atoms with van der Waals surface area (Å²) in [6.07, 6.45) is 0. The monoisotopic (exact) mass is 627 g/mol. The highest BCUT2D eigenvalue weighted by atomic mass is 16.3. The van der Waals surface area contributed by atoms with Gasteiger partial charge in [0.2, 0.25) is 0 Å². The summed E-state index contributed by atoms with van der Waals surface area (Å²) in [6, 6.07) is 60.6. The standard InChI is InChI=1S/C45H29N3O/c1-3-13-30(14-4-1)31-25-27-32(28-26-31)36-19-7-8-20-37(36)34-17-11-18-35(29-34)44-46-43(33-15-5-2-6-16-33)47-45(48-44)40-23-12-22-39-38-21-9-10-24-41(38)49-42(39)40/h1-29H. The van der Waals surface area contributed by atoms with Gasteiger partial charge in [-0.3, -0.25) is 0 Å². The molecule has 0 spiro atoms. The van der Waals surface area contributed by atoms with Gasteiger partial charge in [-0.15, -0.1) is 0 Å². The van der Waals surface area contributed by atoms with Crippen molar-refractivity contribution in [1.82, 2.24) is 15.0 Å². The Morgan fingerprint density at radius 1 is 0.306 bits per heavy atom. The summed E-state index contributed by atoms with van der Waals surface area (Å²) in [5.74, 6) is 1.78. The van der Waals surface area contributed by atoms with Crippen molar-refractivity contribution in [2.45, 2.75) is 0 Å². The molecule has 49 heavy (non-hydrogen) atoms. The van der Waals surface area contributed by atoms with E-state index >= 15 is 0 Å². The summed E-state index contributed by atoms with van der Waals surface area (Å²) in [4.78, 5) is 15.1. The van der Waals surface area contributed by atoms with Crippen LogP contribution in [0.5, 0.6) is 0 Å². The Labute approximate surface area is 284 Å². The molecule has 7 aromatic carbocycles. The van der Waals surface area contributed by atoms with Crippen molar-refractivity contribution in [3.63, 3.8) is 0 Å². The van der Waals surface area contributed by atoms with Crippen LogP contribution in [0.4, 0.5) is 0 Å². The summed E-state index contributed by atoms with van der Waals surface area (Å²) in [5.41, 5.74) is 11.2. The molecule has 230 valence electrons. The van der Waals surface area contributed by atoms with Gasteiger partial charge < -0.3 is 4.42 Å². The minimum Gasteiger partial charge on any atom is -0.455 e. The average Bonchev–Trinajstić information content (AvgIpc) is 3.58. The van der Waals surface area contributed by atoms with E-state index in [1.807, 2.05) is 66.7 Å². The van der Waals surface area contributed by atoms with Crippen LogP contribution < -0.4 is 0 Å². The van der Waals surface area contributed by atoms with Crippen LogP contribution in [0.2, 0.25) is 0 Å². The van der Waals surface area contributed by atoms with E-state index in [9.17, 15) is 0 Å². The zero-order chi connectivity index (χ0) is 32.6. The molecule has 4 nitrogen and oxygen atoms in total. The second-order valence-electron chi connectivity index (χ2n) is 12.0. The first kappa shape index (κ1) is 28.6. The van der Waals surface area contributed by atoms with Gasteiger partial charge in [0, 0.05) is 21.9 Å². The normalized spacial score (nSPS) is 11.3. The van der Waals surface area contributed by atoms with E-state index in [0.717, 1.165) is 60.9 Å². The molecule has 0 amide bonds. The maximum Gasteiger partial charge on any atom is 0.167 e. The number of furan rings is 1. The molecule has 2 heterocycles. The lowest BCUT2D eigenvalue weighted by atomic mass is 9.92. The second kappa shape index (κ2) is 12.2. The van der Waals surface area contributed by atoms with Gasteiger partial charge >= 0.3 is 0 Å². The van der Waals surface area contributed by atoms with Crippen LogP contribution in [0.15, 0.2) is 180 Å². The highest BCUT2D eigenvalue weighted by Gasteiger charge is 2.18. The quantitative estimate of drug-likeness (QED) is 0.184. The summed E-state index contributed by atoms with van der Waals surface area (Å²) < 4.78 is 6.39. The van der Waals surface area contributed by atoms with Crippen molar-refractivity contribution in [2.75, 3.05) is 0 Å². The van der Waals surface area contributed by atoms with Crippen LogP contribution in [0.3, 0.4) is 0 Å². The fourth-order valence-corrected chi connectivity index (χ4v) is 6.55. The number of aromatic nitrogens is 3. The molecule has 0 atom stereocenters. The van der Waals surface area contributed by atoms with Crippen LogP contribution in [-0.2, 0) is 0 Å². The fourth-order valence-electron chi connectivity index (χ4n) is 6.55. The molecular weight excluding hydrogens is 599 g/mol. The largest absolute Gasteiger partial charge is 0.455 e. The van der Waals surface area contributed by atoms with Crippen molar-refractivity contribution in [1.29, 1.82) is 0 Å². The molecule has 9 aromatic rings. The minimum absolute atomic E-state index is 0.567. The second-order valence-corrected chi connectivity index (χ2v) is 12.0. The molecule has 2 aromatic heterocycles. The van der Waals surface area contributed by atoms with Crippen LogP contribution in [0.1, 0.15) is 0 Å². The average molecular weight is 628 g/mol. The van der Waals surface area contributed by atoms with Gasteiger partial charge in [-0.25, -0.2) is 15.0 Å². The van der Waals surface area contributed by atoms with Gasteiger partial charge in [-0.05, 0) is 51.6 Å². The van der Waals surface area contributed by atoms with Gasteiger partial charge in [-0.2, -0.15) is 0 Å². The van der Waals surface area contributed by atoms with E-state index < -0.39 is 0 Å². The lowest BCUT2D eigenvalue weighted by molar-refractivity contribution is 0.669. The predicted octanol–water partition coefficient (Wildman–Crippen LogP) is 11.8. The minimum atomic E-state index is 0.567. The Bertz CT molecular complexity index is 2590. The molecule has 4 heteroatoms. The lowest BCUT2D eigenvalue weighted by Gasteiger charge is -2.13. The lowest BCUT2D eigenvalue weighted by Crippen LogP contribution is -2.00. The molecular formula is C45H29N3O. The first-order valence-electron chi connectivity index (χ1n) is 16.4. The van der Waals surface area contributed by atoms with Gasteiger partial charge in [-0.1, -0.05) is 158 Å². The molecule has 0 fully saturated rings. The Morgan fingerprint density at radius 3 is 1.57 bits per heavy atom. The number of rotatable bonds is 6. The third kappa shape index (κ3) is 5.35. The topological polar surface area (TPSA) is 51.8 Å². The summed E-state index contributed by atoms with van der Waals surface area (Å²) in [7, 11) is 0. The smallest absolute Gasteiger partial charge is 0.167 e. The van der Waals surface area contributed by atoms with Crippen molar-refractivity contribution in [3.05, 3.63) is 176 Å². The van der Waals surface area contributed by atoms with E-state index in [0.29, 0.717) is 17.5 Å². The van der Waals surface area contributed by atoms with Crippen molar-refractivity contribution >= 4 is 21.9 Å². The van der Waals surface area contributed by atoms with Gasteiger partial charge in [0.15, 0.2) is 17.5 Å². The first-order valence-corrected chi connectivity index (χ1v) is 16.4. The van der Waals surface area contributed by atoms with Crippen LogP contribution in [0, 0.1) is 0 Å². The number of hydrogen-bond acceptors (Lipinski definition) is 4.